The Morgan fingerprint density at radius 1 is 1.36 bits per heavy atom. The number of nitrogen functional groups attached to an aromatic ring is 2. The maximum Gasteiger partial charge on any atom is 0.191 e. The first-order valence-electron chi connectivity index (χ1n) is 4.24. The van der Waals surface area contributed by atoms with Gasteiger partial charge in [0.05, 0.1) is 0 Å². The zero-order valence-corrected chi connectivity index (χ0v) is 8.88. The first kappa shape index (κ1) is 11.1. The molecule has 0 aliphatic heterocycles. The van der Waals surface area contributed by atoms with Gasteiger partial charge in [0.1, 0.15) is 11.6 Å². The van der Waals surface area contributed by atoms with E-state index in [1.165, 1.54) is 11.8 Å². The van der Waals surface area contributed by atoms with Gasteiger partial charge in [-0.1, -0.05) is 11.8 Å². The molecule has 1 aromatic heterocycles. The van der Waals surface area contributed by atoms with Crippen molar-refractivity contribution in [3.05, 3.63) is 6.07 Å². The molecule has 0 saturated heterocycles. The van der Waals surface area contributed by atoms with E-state index < -0.39 is 0 Å². The minimum Gasteiger partial charge on any atom is -0.385 e. The third kappa shape index (κ3) is 3.80. The summed E-state index contributed by atoms with van der Waals surface area (Å²) in [6, 6.07) is 1.54. The molecule has 6 heteroatoms. The maximum atomic E-state index is 5.52. The van der Waals surface area contributed by atoms with Crippen LogP contribution in [0.2, 0.25) is 0 Å². The molecule has 0 aliphatic rings. The summed E-state index contributed by atoms with van der Waals surface area (Å²) < 4.78 is 4.92. The number of anilines is 2. The van der Waals surface area contributed by atoms with E-state index in [1.54, 1.807) is 13.2 Å². The molecular weight excluding hydrogens is 200 g/mol. The van der Waals surface area contributed by atoms with Crippen LogP contribution in [-0.4, -0.2) is 29.4 Å². The Morgan fingerprint density at radius 2 is 2.00 bits per heavy atom. The van der Waals surface area contributed by atoms with E-state index in [4.69, 9.17) is 16.2 Å². The summed E-state index contributed by atoms with van der Waals surface area (Å²) in [6.07, 6.45) is 0.958. The standard InChI is InChI=1S/C8H14N4OS/c1-13-3-2-4-14-8-11-6(9)5-7(10)12-8/h5H,2-4H2,1H3,(H4,9,10,11,12). The molecule has 0 amide bonds. The lowest BCUT2D eigenvalue weighted by molar-refractivity contribution is 0.200. The highest BCUT2D eigenvalue weighted by atomic mass is 32.2. The highest BCUT2D eigenvalue weighted by Gasteiger charge is 2.00. The molecular formula is C8H14N4OS. The zero-order chi connectivity index (χ0) is 10.4. The molecule has 14 heavy (non-hydrogen) atoms. The third-order valence-electron chi connectivity index (χ3n) is 1.47. The van der Waals surface area contributed by atoms with Gasteiger partial charge < -0.3 is 16.2 Å². The first-order valence-corrected chi connectivity index (χ1v) is 5.22. The summed E-state index contributed by atoms with van der Waals surface area (Å²) in [5, 5.41) is 0.624. The number of hydrogen-bond donors (Lipinski definition) is 2. The molecule has 78 valence electrons. The van der Waals surface area contributed by atoms with E-state index in [-0.39, 0.29) is 0 Å². The highest BCUT2D eigenvalue weighted by Crippen LogP contribution is 2.16. The van der Waals surface area contributed by atoms with Crippen molar-refractivity contribution < 1.29 is 4.74 Å². The minimum atomic E-state index is 0.409. The molecule has 0 unspecified atom stereocenters. The van der Waals surface area contributed by atoms with Crippen molar-refractivity contribution in [3.63, 3.8) is 0 Å². The van der Waals surface area contributed by atoms with Gasteiger partial charge in [-0.25, -0.2) is 9.97 Å². The van der Waals surface area contributed by atoms with Crippen molar-refractivity contribution in [1.29, 1.82) is 0 Å². The van der Waals surface area contributed by atoms with Crippen molar-refractivity contribution in [1.82, 2.24) is 9.97 Å². The maximum absolute atomic E-state index is 5.52. The quantitative estimate of drug-likeness (QED) is 0.427. The second kappa shape index (κ2) is 5.66. The van der Waals surface area contributed by atoms with E-state index in [9.17, 15) is 0 Å². The lowest BCUT2D eigenvalue weighted by atomic mass is 10.5. The van der Waals surface area contributed by atoms with Crippen LogP contribution in [0.1, 0.15) is 6.42 Å². The molecule has 0 atom stereocenters. The van der Waals surface area contributed by atoms with E-state index in [2.05, 4.69) is 9.97 Å². The van der Waals surface area contributed by atoms with Crippen LogP contribution in [0.15, 0.2) is 11.2 Å². The lowest BCUT2D eigenvalue weighted by Gasteiger charge is -2.01. The molecule has 0 saturated carbocycles. The average Bonchev–Trinajstić information content (AvgIpc) is 2.11. The fourth-order valence-corrected chi connectivity index (χ4v) is 1.68. The molecule has 0 aliphatic carbocycles. The van der Waals surface area contributed by atoms with Crippen molar-refractivity contribution in [2.45, 2.75) is 11.6 Å². The van der Waals surface area contributed by atoms with Crippen molar-refractivity contribution >= 4 is 23.4 Å². The Bertz CT molecular complexity index is 274. The lowest BCUT2D eigenvalue weighted by Crippen LogP contribution is -2.00. The molecule has 1 rings (SSSR count). The van der Waals surface area contributed by atoms with Gasteiger partial charge in [0.25, 0.3) is 0 Å². The summed E-state index contributed by atoms with van der Waals surface area (Å²) in [7, 11) is 1.68. The largest absolute Gasteiger partial charge is 0.385 e. The number of hydrogen-bond acceptors (Lipinski definition) is 6. The predicted molar refractivity (Wildman–Crippen MR) is 58.1 cm³/mol. The molecule has 0 fully saturated rings. The molecule has 1 aromatic rings. The van der Waals surface area contributed by atoms with E-state index in [0.717, 1.165) is 18.8 Å². The van der Waals surface area contributed by atoms with Gasteiger partial charge in [0.2, 0.25) is 0 Å². The number of thioether (sulfide) groups is 1. The SMILES string of the molecule is COCCCSc1nc(N)cc(N)n1. The Kier molecular flexibility index (Phi) is 4.48. The Balaban J connectivity index is 2.42. The number of rotatable bonds is 5. The molecule has 0 radical (unpaired) electrons. The highest BCUT2D eigenvalue weighted by molar-refractivity contribution is 7.99. The fourth-order valence-electron chi connectivity index (χ4n) is 0.893. The van der Waals surface area contributed by atoms with Crippen LogP contribution in [0.5, 0.6) is 0 Å². The minimum absolute atomic E-state index is 0.409. The summed E-state index contributed by atoms with van der Waals surface area (Å²) in [6.45, 7) is 0.741. The van der Waals surface area contributed by atoms with Crippen LogP contribution >= 0.6 is 11.8 Å². The normalized spacial score (nSPS) is 10.4. The number of ether oxygens (including phenoxy) is 1. The van der Waals surface area contributed by atoms with Crippen molar-refractivity contribution in [2.75, 3.05) is 30.9 Å². The number of nitrogens with zero attached hydrogens (tertiary/aromatic N) is 2. The molecule has 4 N–H and O–H groups in total. The third-order valence-corrected chi connectivity index (χ3v) is 2.40. The summed E-state index contributed by atoms with van der Waals surface area (Å²) >= 11 is 1.53. The van der Waals surface area contributed by atoms with E-state index >= 15 is 0 Å². The molecule has 0 spiro atoms. The molecule has 5 nitrogen and oxygen atoms in total. The van der Waals surface area contributed by atoms with Crippen molar-refractivity contribution in [2.24, 2.45) is 0 Å². The summed E-state index contributed by atoms with van der Waals surface area (Å²) in [5.41, 5.74) is 11.0. The number of aromatic nitrogens is 2. The van der Waals surface area contributed by atoms with Gasteiger partial charge in [0, 0.05) is 25.5 Å². The second-order valence-electron chi connectivity index (χ2n) is 2.70. The van der Waals surface area contributed by atoms with E-state index in [0.29, 0.717) is 16.8 Å². The monoisotopic (exact) mass is 214 g/mol. The van der Waals surface area contributed by atoms with E-state index in [1.807, 2.05) is 0 Å². The topological polar surface area (TPSA) is 87.0 Å². The van der Waals surface area contributed by atoms with Gasteiger partial charge in [-0.3, -0.25) is 0 Å². The second-order valence-corrected chi connectivity index (χ2v) is 3.76. The van der Waals surface area contributed by atoms with Crippen molar-refractivity contribution in [3.8, 4) is 0 Å². The average molecular weight is 214 g/mol. The summed E-state index contributed by atoms with van der Waals surface area (Å²) in [5.74, 6) is 1.72. The predicted octanol–water partition coefficient (Wildman–Crippen LogP) is 0.770. The van der Waals surface area contributed by atoms with Crippen LogP contribution in [-0.2, 0) is 4.74 Å². The first-order chi connectivity index (χ1) is 6.72. The molecule has 0 aromatic carbocycles. The smallest absolute Gasteiger partial charge is 0.191 e. The Morgan fingerprint density at radius 3 is 2.57 bits per heavy atom. The Labute approximate surface area is 87.2 Å². The van der Waals surface area contributed by atoms with Gasteiger partial charge in [-0.2, -0.15) is 0 Å². The van der Waals surface area contributed by atoms with Gasteiger partial charge in [-0.15, -0.1) is 0 Å². The van der Waals surface area contributed by atoms with Gasteiger partial charge in [-0.05, 0) is 6.42 Å². The fraction of sp³-hybridized carbons (Fsp3) is 0.500. The number of nitrogens with two attached hydrogens (primary N) is 2. The van der Waals surface area contributed by atoms with Crippen LogP contribution in [0.4, 0.5) is 11.6 Å². The van der Waals surface area contributed by atoms with Crippen LogP contribution in [0.25, 0.3) is 0 Å². The van der Waals surface area contributed by atoms with Gasteiger partial charge in [0.15, 0.2) is 5.16 Å². The van der Waals surface area contributed by atoms with Crippen LogP contribution < -0.4 is 11.5 Å². The number of methoxy groups -OCH3 is 1. The summed E-state index contributed by atoms with van der Waals surface area (Å²) in [4.78, 5) is 8.08. The molecule has 1 heterocycles. The zero-order valence-electron chi connectivity index (χ0n) is 8.06. The van der Waals surface area contributed by atoms with Gasteiger partial charge >= 0.3 is 0 Å². The van der Waals surface area contributed by atoms with Crippen LogP contribution in [0, 0.1) is 0 Å². The van der Waals surface area contributed by atoms with Crippen LogP contribution in [0.3, 0.4) is 0 Å². The Hall–Kier alpha value is -1.01. The molecule has 0 bridgehead atoms.